The number of nitrogens with zero attached hydrogens (tertiary/aromatic N) is 1. The van der Waals surface area contributed by atoms with Gasteiger partial charge in [-0.2, -0.15) is 0 Å². The third-order valence-electron chi connectivity index (χ3n) is 2.42. The van der Waals surface area contributed by atoms with Crippen LogP contribution in [0.5, 0.6) is 0 Å². The van der Waals surface area contributed by atoms with Crippen molar-refractivity contribution < 1.29 is 29.4 Å². The van der Waals surface area contributed by atoms with Crippen LogP contribution in [0.4, 0.5) is 0 Å². The van der Waals surface area contributed by atoms with Crippen molar-refractivity contribution in [3.05, 3.63) is 0 Å². The van der Waals surface area contributed by atoms with Gasteiger partial charge in [0.25, 0.3) is 0 Å². The smallest absolute Gasteiger partial charge is 0.323 e. The lowest BCUT2D eigenvalue weighted by atomic mass is 10.2. The number of amides is 2. The highest BCUT2D eigenvalue weighted by atomic mass is 16.4. The van der Waals surface area contributed by atoms with E-state index in [0.717, 1.165) is 17.7 Å². The van der Waals surface area contributed by atoms with Gasteiger partial charge in [0.05, 0.1) is 0 Å². The fourth-order valence-electron chi connectivity index (χ4n) is 1.45. The summed E-state index contributed by atoms with van der Waals surface area (Å²) >= 11 is 0. The van der Waals surface area contributed by atoms with Crippen LogP contribution in [0, 0.1) is 0 Å². The summed E-state index contributed by atoms with van der Waals surface area (Å²) in [6, 6.07) is 0. The Balaban J connectivity index is 4.15. The largest absolute Gasteiger partial charge is 0.480 e. The van der Waals surface area contributed by atoms with Gasteiger partial charge in [0, 0.05) is 19.4 Å². The minimum atomic E-state index is -1.29. The van der Waals surface area contributed by atoms with Crippen molar-refractivity contribution in [1.29, 1.82) is 0 Å². The summed E-state index contributed by atoms with van der Waals surface area (Å²) in [5.74, 6) is -3.37. The maximum Gasteiger partial charge on any atom is 0.323 e. The molecule has 20 heavy (non-hydrogen) atoms. The maximum absolute atomic E-state index is 11.7. The Morgan fingerprint density at radius 2 is 1.55 bits per heavy atom. The Morgan fingerprint density at radius 3 is 2.00 bits per heavy atom. The van der Waals surface area contributed by atoms with E-state index in [1.54, 1.807) is 0 Å². The van der Waals surface area contributed by atoms with Crippen molar-refractivity contribution in [1.82, 2.24) is 10.2 Å². The van der Waals surface area contributed by atoms with Crippen molar-refractivity contribution >= 4 is 23.8 Å². The fraction of sp³-hybridized carbons (Fsp3) is 0.667. The fourth-order valence-corrected chi connectivity index (χ4v) is 1.45. The molecule has 0 fully saturated rings. The van der Waals surface area contributed by atoms with E-state index in [1.807, 2.05) is 6.92 Å². The van der Waals surface area contributed by atoms with Gasteiger partial charge in [-0.15, -0.1) is 0 Å². The van der Waals surface area contributed by atoms with Crippen LogP contribution >= 0.6 is 0 Å². The second-order valence-corrected chi connectivity index (χ2v) is 4.24. The van der Waals surface area contributed by atoms with E-state index in [0.29, 0.717) is 6.42 Å². The zero-order valence-electron chi connectivity index (χ0n) is 11.4. The van der Waals surface area contributed by atoms with Crippen LogP contribution in [0.1, 0.15) is 32.6 Å². The third-order valence-corrected chi connectivity index (χ3v) is 2.42. The Bertz CT molecular complexity index is 353. The number of rotatable bonds is 10. The molecule has 0 aromatic heterocycles. The second kappa shape index (κ2) is 9.76. The molecule has 0 unspecified atom stereocenters. The molecule has 0 bridgehead atoms. The lowest BCUT2D eigenvalue weighted by molar-refractivity contribution is -0.149. The van der Waals surface area contributed by atoms with E-state index >= 15 is 0 Å². The summed E-state index contributed by atoms with van der Waals surface area (Å²) in [5.41, 5.74) is 0. The first-order valence-electron chi connectivity index (χ1n) is 6.34. The van der Waals surface area contributed by atoms with E-state index in [4.69, 9.17) is 10.2 Å². The second-order valence-electron chi connectivity index (χ2n) is 4.24. The molecule has 0 aliphatic rings. The summed E-state index contributed by atoms with van der Waals surface area (Å²) in [5, 5.41) is 19.7. The van der Waals surface area contributed by atoms with Gasteiger partial charge < -0.3 is 20.4 Å². The van der Waals surface area contributed by atoms with Crippen LogP contribution in [0.25, 0.3) is 0 Å². The Hall–Kier alpha value is -2.12. The van der Waals surface area contributed by atoms with Crippen LogP contribution in [-0.4, -0.2) is 58.5 Å². The van der Waals surface area contributed by atoms with Crippen molar-refractivity contribution in [3.63, 3.8) is 0 Å². The van der Waals surface area contributed by atoms with Crippen LogP contribution in [0.3, 0.4) is 0 Å². The van der Waals surface area contributed by atoms with Crippen LogP contribution < -0.4 is 5.32 Å². The van der Waals surface area contributed by atoms with Crippen molar-refractivity contribution in [3.8, 4) is 0 Å². The van der Waals surface area contributed by atoms with Crippen molar-refractivity contribution in [2.45, 2.75) is 32.6 Å². The number of aliphatic carboxylic acids is 2. The van der Waals surface area contributed by atoms with Gasteiger partial charge in [-0.3, -0.25) is 19.2 Å². The normalized spacial score (nSPS) is 9.85. The summed E-state index contributed by atoms with van der Waals surface area (Å²) in [6.07, 6.45) is 1.89. The Kier molecular flexibility index (Phi) is 8.73. The van der Waals surface area contributed by atoms with E-state index < -0.39 is 30.9 Å². The lowest BCUT2D eigenvalue weighted by Crippen LogP contribution is -2.40. The Morgan fingerprint density at radius 1 is 1.00 bits per heavy atom. The number of nitrogens with one attached hydrogen (secondary N) is 1. The lowest BCUT2D eigenvalue weighted by Gasteiger charge is -2.18. The molecule has 0 saturated carbocycles. The molecule has 8 nitrogen and oxygen atoms in total. The maximum atomic E-state index is 11.7. The summed E-state index contributed by atoms with van der Waals surface area (Å²) in [7, 11) is 0. The molecule has 0 radical (unpaired) electrons. The predicted octanol–water partition coefficient (Wildman–Crippen LogP) is -0.319. The van der Waals surface area contributed by atoms with Crippen LogP contribution in [-0.2, 0) is 19.2 Å². The molecule has 3 N–H and O–H groups in total. The van der Waals surface area contributed by atoms with Crippen LogP contribution in [0.2, 0.25) is 0 Å². The van der Waals surface area contributed by atoms with E-state index in [9.17, 15) is 19.2 Å². The molecular formula is C12H20N2O6. The standard InChI is InChI=1S/C12H20N2O6/c1-2-3-4-9(15)13-6-5-10(16)14(7-11(17)18)8-12(19)20/h2-8H2,1H3,(H,13,15)(H,17,18)(H,19,20). The van der Waals surface area contributed by atoms with E-state index in [2.05, 4.69) is 5.32 Å². The molecule has 0 aliphatic carbocycles. The number of carbonyl (C=O) groups is 4. The number of hydrogen-bond acceptors (Lipinski definition) is 4. The van der Waals surface area contributed by atoms with Crippen LogP contribution in [0.15, 0.2) is 0 Å². The summed E-state index contributed by atoms with van der Waals surface area (Å²) < 4.78 is 0. The number of carbonyl (C=O) groups excluding carboxylic acids is 2. The van der Waals surface area contributed by atoms with Crippen molar-refractivity contribution in [2.75, 3.05) is 19.6 Å². The monoisotopic (exact) mass is 288 g/mol. The van der Waals surface area contributed by atoms with Gasteiger partial charge in [0.2, 0.25) is 11.8 Å². The van der Waals surface area contributed by atoms with Gasteiger partial charge in [0.1, 0.15) is 13.1 Å². The van der Waals surface area contributed by atoms with Gasteiger partial charge in [-0.05, 0) is 6.42 Å². The number of carboxylic acids is 2. The molecule has 0 aromatic carbocycles. The van der Waals surface area contributed by atoms with Gasteiger partial charge in [-0.25, -0.2) is 0 Å². The molecule has 114 valence electrons. The summed E-state index contributed by atoms with van der Waals surface area (Å²) in [6.45, 7) is 0.674. The van der Waals surface area contributed by atoms with Gasteiger partial charge in [-0.1, -0.05) is 13.3 Å². The predicted molar refractivity (Wildman–Crippen MR) is 69.0 cm³/mol. The topological polar surface area (TPSA) is 124 Å². The molecule has 0 spiro atoms. The first-order chi connectivity index (χ1) is 9.36. The van der Waals surface area contributed by atoms with E-state index in [-0.39, 0.29) is 18.9 Å². The zero-order valence-corrected chi connectivity index (χ0v) is 11.4. The minimum Gasteiger partial charge on any atom is -0.480 e. The SMILES string of the molecule is CCCCC(=O)NCCC(=O)N(CC(=O)O)CC(=O)O. The molecule has 0 saturated heterocycles. The van der Waals surface area contributed by atoms with Gasteiger partial charge >= 0.3 is 11.9 Å². The molecule has 2 amide bonds. The average molecular weight is 288 g/mol. The molecule has 0 atom stereocenters. The van der Waals surface area contributed by atoms with Gasteiger partial charge in [0.15, 0.2) is 0 Å². The Labute approximate surface area is 116 Å². The number of carboxylic acid groups (broad SMARTS) is 2. The number of hydrogen-bond donors (Lipinski definition) is 3. The molecule has 8 heteroatoms. The highest BCUT2D eigenvalue weighted by molar-refractivity contribution is 5.85. The molecular weight excluding hydrogens is 268 g/mol. The quantitative estimate of drug-likeness (QED) is 0.506. The highest BCUT2D eigenvalue weighted by Crippen LogP contribution is 1.96. The highest BCUT2D eigenvalue weighted by Gasteiger charge is 2.19. The average Bonchev–Trinajstić information content (AvgIpc) is 2.34. The molecule has 0 heterocycles. The summed E-state index contributed by atoms with van der Waals surface area (Å²) in [4.78, 5) is 44.7. The number of unbranched alkanes of at least 4 members (excludes halogenated alkanes) is 1. The third kappa shape index (κ3) is 8.90. The van der Waals surface area contributed by atoms with E-state index in [1.165, 1.54) is 0 Å². The molecule has 0 rings (SSSR count). The first-order valence-corrected chi connectivity index (χ1v) is 6.34. The first kappa shape index (κ1) is 17.9. The molecule has 0 aliphatic heterocycles. The van der Waals surface area contributed by atoms with Crippen molar-refractivity contribution in [2.24, 2.45) is 0 Å². The zero-order chi connectivity index (χ0) is 15.5. The minimum absolute atomic E-state index is 0.0666. The molecule has 0 aromatic rings.